The Morgan fingerprint density at radius 2 is 1.52 bits per heavy atom. The number of H-pyrrole nitrogens is 1. The molecule has 6 heterocycles. The van der Waals surface area contributed by atoms with Gasteiger partial charge >= 0.3 is 6.18 Å². The first kappa shape index (κ1) is 53.7. The first-order valence-corrected chi connectivity index (χ1v) is 25.2. The van der Waals surface area contributed by atoms with Gasteiger partial charge in [-0.2, -0.15) is 13.2 Å². The highest BCUT2D eigenvalue weighted by Crippen LogP contribution is 2.38. The summed E-state index contributed by atoms with van der Waals surface area (Å²) in [7, 11) is 1.96. The van der Waals surface area contributed by atoms with Gasteiger partial charge in [-0.3, -0.25) is 53.5 Å². The number of aryl methyl sites for hydroxylation is 1. The standard InChI is InChI=1S/C52H59F4N11O8/c1-30-28-66(29-31(2)63(30)3)41-24-38(53)35(22-39(41)61-47(72)36-27-58-44(70)23-37(36)52(54,55)56)33-25-59-51(60-26-33)65-20-18-64(19-21-65)45(71)16-15-42(68)57-17-8-6-4-5-7-10-32-11-9-12-34-46(32)50(75)67(49(34)74)40-13-14-43(69)62-48(40)73/h9,11-12,22-27,30-31,40H,4-8,10,13-21,28-29H2,1-3H3,(H,57,68)(H,58,70)(H,61,72)(H,62,69,73)/t30-,31+,40?. The maximum atomic E-state index is 16.1. The predicted molar refractivity (Wildman–Crippen MR) is 267 cm³/mol. The molecule has 7 amide bonds. The molecule has 4 aliphatic heterocycles. The zero-order valence-corrected chi connectivity index (χ0v) is 41.9. The number of hydrogen-bond donors (Lipinski definition) is 4. The fraction of sp³-hybridized carbons (Fsp3) is 0.462. The number of carbonyl (C=O) groups excluding carboxylic acids is 7. The van der Waals surface area contributed by atoms with E-state index < -0.39 is 64.3 Å². The van der Waals surface area contributed by atoms with E-state index >= 15 is 4.39 Å². The Hall–Kier alpha value is -7.56. The van der Waals surface area contributed by atoms with Gasteiger partial charge in [0, 0.05) is 113 Å². The minimum Gasteiger partial charge on any atom is -0.367 e. The Kier molecular flexibility index (Phi) is 16.4. The van der Waals surface area contributed by atoms with Crippen LogP contribution in [0.2, 0.25) is 0 Å². The normalized spacial score (nSPS) is 19.3. The Morgan fingerprint density at radius 1 is 0.827 bits per heavy atom. The Morgan fingerprint density at radius 3 is 2.21 bits per heavy atom. The molecule has 0 spiro atoms. The summed E-state index contributed by atoms with van der Waals surface area (Å²) in [6, 6.07) is 7.01. The molecule has 23 heteroatoms. The molecule has 0 radical (unpaired) electrons. The van der Waals surface area contributed by atoms with Gasteiger partial charge in [0.25, 0.3) is 17.7 Å². The van der Waals surface area contributed by atoms with E-state index in [9.17, 15) is 51.5 Å². The number of halogens is 4. The highest BCUT2D eigenvalue weighted by Gasteiger charge is 2.45. The first-order valence-electron chi connectivity index (χ1n) is 25.2. The molecule has 0 saturated carbocycles. The molecule has 75 heavy (non-hydrogen) atoms. The lowest BCUT2D eigenvalue weighted by Crippen LogP contribution is -2.55. The van der Waals surface area contributed by atoms with Gasteiger partial charge in [0.15, 0.2) is 0 Å². The largest absolute Gasteiger partial charge is 0.417 e. The van der Waals surface area contributed by atoms with Crippen molar-refractivity contribution in [2.75, 3.05) is 68.0 Å². The summed E-state index contributed by atoms with van der Waals surface area (Å²) in [5.41, 5.74) is -1.44. The second-order valence-corrected chi connectivity index (χ2v) is 19.5. The number of aromatic nitrogens is 3. The number of alkyl halides is 3. The molecule has 0 aliphatic carbocycles. The molecular formula is C52H59F4N11O8. The molecule has 3 fully saturated rings. The van der Waals surface area contributed by atoms with Crippen molar-refractivity contribution in [3.63, 3.8) is 0 Å². The molecule has 2 aromatic heterocycles. The van der Waals surface area contributed by atoms with Gasteiger partial charge in [0.05, 0.1) is 33.6 Å². The van der Waals surface area contributed by atoms with Crippen molar-refractivity contribution < 1.29 is 51.1 Å². The van der Waals surface area contributed by atoms with Gasteiger partial charge in [-0.15, -0.1) is 0 Å². The number of nitrogens with one attached hydrogen (secondary N) is 4. The van der Waals surface area contributed by atoms with Crippen molar-refractivity contribution in [1.82, 2.24) is 40.3 Å². The van der Waals surface area contributed by atoms with Crippen molar-refractivity contribution in [2.24, 2.45) is 0 Å². The SMILES string of the molecule is C[C@@H]1CN(c2cc(F)c(-c3cnc(N4CCN(C(=O)CCC(=O)NCCCCCCCc5cccc6c5C(=O)N(C5CCC(=O)NC5=O)C6=O)CC4)nc3)cc2NC(=O)c2c[nH]c(=O)cc2C(F)(F)F)C[C@H](C)N1C. The Balaban J connectivity index is 0.775. The number of likely N-dealkylation sites (N-methyl/N-ethyl adjacent to an activating group) is 1. The number of carbonyl (C=O) groups is 7. The number of imide groups is 2. The van der Waals surface area contributed by atoms with Crippen molar-refractivity contribution in [3.8, 4) is 11.1 Å². The molecule has 1 unspecified atom stereocenters. The van der Waals surface area contributed by atoms with Crippen LogP contribution in [0.5, 0.6) is 0 Å². The van der Waals surface area contributed by atoms with E-state index in [2.05, 4.69) is 35.8 Å². The Bertz CT molecular complexity index is 2910. The lowest BCUT2D eigenvalue weighted by molar-refractivity contribution is -0.138. The van der Waals surface area contributed by atoms with E-state index in [0.29, 0.717) is 76.0 Å². The van der Waals surface area contributed by atoms with Gasteiger partial charge in [0.1, 0.15) is 11.9 Å². The van der Waals surface area contributed by atoms with Crippen LogP contribution in [0.1, 0.15) is 114 Å². The molecule has 19 nitrogen and oxygen atoms in total. The average molecular weight is 1040 g/mol. The van der Waals surface area contributed by atoms with Gasteiger partial charge in [-0.05, 0) is 70.3 Å². The minimum absolute atomic E-state index is 0.0172. The van der Waals surface area contributed by atoms with Crippen LogP contribution >= 0.6 is 0 Å². The van der Waals surface area contributed by atoms with Crippen LogP contribution in [0.25, 0.3) is 11.1 Å². The van der Waals surface area contributed by atoms with Gasteiger partial charge in [-0.25, -0.2) is 14.4 Å². The third-order valence-electron chi connectivity index (χ3n) is 14.4. The van der Waals surface area contributed by atoms with Gasteiger partial charge in [-0.1, -0.05) is 31.4 Å². The number of benzene rings is 2. The van der Waals surface area contributed by atoms with Crippen LogP contribution in [0.15, 0.2) is 59.8 Å². The number of rotatable bonds is 17. The number of amides is 7. The second-order valence-electron chi connectivity index (χ2n) is 19.5. The third kappa shape index (κ3) is 12.2. The summed E-state index contributed by atoms with van der Waals surface area (Å²) in [6.45, 7) is 6.76. The molecule has 3 saturated heterocycles. The molecule has 0 bridgehead atoms. The lowest BCUT2D eigenvalue weighted by atomic mass is 9.97. The van der Waals surface area contributed by atoms with Crippen molar-refractivity contribution in [1.29, 1.82) is 0 Å². The van der Waals surface area contributed by atoms with E-state index in [1.807, 2.05) is 36.8 Å². The molecule has 2 aromatic carbocycles. The maximum absolute atomic E-state index is 16.1. The first-order chi connectivity index (χ1) is 35.8. The fourth-order valence-corrected chi connectivity index (χ4v) is 10.1. The number of piperidine rings is 1. The lowest BCUT2D eigenvalue weighted by Gasteiger charge is -2.44. The highest BCUT2D eigenvalue weighted by atomic mass is 19.4. The summed E-state index contributed by atoms with van der Waals surface area (Å²) in [5, 5.41) is 7.64. The highest BCUT2D eigenvalue weighted by molar-refractivity contribution is 6.24. The smallest absolute Gasteiger partial charge is 0.367 e. The monoisotopic (exact) mass is 1040 g/mol. The van der Waals surface area contributed by atoms with Gasteiger partial charge in [0.2, 0.25) is 35.1 Å². The minimum atomic E-state index is -5.01. The molecule has 398 valence electrons. The molecular weight excluding hydrogens is 983 g/mol. The van der Waals surface area contributed by atoms with Crippen LogP contribution in [0.3, 0.4) is 0 Å². The predicted octanol–water partition coefficient (Wildman–Crippen LogP) is 4.91. The Labute approximate surface area is 429 Å². The van der Waals surface area contributed by atoms with Crippen molar-refractivity contribution in [2.45, 2.75) is 102 Å². The molecule has 4 aromatic rings. The number of pyridine rings is 1. The number of nitrogens with zero attached hydrogens (tertiary/aromatic N) is 7. The number of piperazine rings is 2. The van der Waals surface area contributed by atoms with E-state index in [1.165, 1.54) is 24.5 Å². The number of aromatic amines is 1. The quantitative estimate of drug-likeness (QED) is 0.0627. The summed E-state index contributed by atoms with van der Waals surface area (Å²) in [5.74, 6) is -4.04. The third-order valence-corrected chi connectivity index (χ3v) is 14.4. The summed E-state index contributed by atoms with van der Waals surface area (Å²) < 4.78 is 58.0. The van der Waals surface area contributed by atoms with Crippen LogP contribution in [0.4, 0.5) is 34.9 Å². The molecule has 4 aliphatic rings. The van der Waals surface area contributed by atoms with Gasteiger partial charge < -0.3 is 30.3 Å². The maximum Gasteiger partial charge on any atom is 0.417 e. The summed E-state index contributed by atoms with van der Waals surface area (Å²) >= 11 is 0. The second kappa shape index (κ2) is 22.9. The number of fused-ring (bicyclic) bond motifs is 1. The molecule has 4 N–H and O–H groups in total. The fourth-order valence-electron chi connectivity index (χ4n) is 10.1. The van der Waals surface area contributed by atoms with E-state index in [1.54, 1.807) is 17.0 Å². The van der Waals surface area contributed by atoms with Crippen LogP contribution in [-0.4, -0.2) is 142 Å². The van der Waals surface area contributed by atoms with E-state index in [-0.39, 0.29) is 77.6 Å². The zero-order chi connectivity index (χ0) is 53.7. The number of unbranched alkanes of at least 4 members (excludes halogenated alkanes) is 4. The van der Waals surface area contributed by atoms with Crippen LogP contribution < -0.4 is 31.3 Å². The van der Waals surface area contributed by atoms with E-state index in [4.69, 9.17) is 0 Å². The van der Waals surface area contributed by atoms with Crippen LogP contribution in [0, 0.1) is 5.82 Å². The summed E-state index contributed by atoms with van der Waals surface area (Å²) in [4.78, 5) is 121. The zero-order valence-electron chi connectivity index (χ0n) is 41.9. The number of hydrogen-bond acceptors (Lipinski definition) is 13. The topological polar surface area (TPSA) is 230 Å². The molecule has 3 atom stereocenters. The average Bonchev–Trinajstić information content (AvgIpc) is 3.65. The van der Waals surface area contributed by atoms with Crippen molar-refractivity contribution >= 4 is 58.7 Å². The van der Waals surface area contributed by atoms with Crippen molar-refractivity contribution in [3.05, 3.63) is 99.0 Å². The summed E-state index contributed by atoms with van der Waals surface area (Å²) in [6.07, 6.45) is 3.37. The van der Waals surface area contributed by atoms with Crippen LogP contribution in [-0.2, 0) is 31.8 Å². The van der Waals surface area contributed by atoms with E-state index in [0.717, 1.165) is 42.6 Å². The molecule has 8 rings (SSSR count). The number of anilines is 3.